The van der Waals surface area contributed by atoms with Crippen LogP contribution in [0.15, 0.2) is 48.5 Å². The minimum Gasteiger partial charge on any atom is -0.352 e. The number of nitrogens with one attached hydrogen (secondary N) is 1. The van der Waals surface area contributed by atoms with E-state index in [-0.39, 0.29) is 30.7 Å². The molecule has 0 saturated carbocycles. The highest BCUT2D eigenvalue weighted by atomic mass is 16.2. The second-order valence-electron chi connectivity index (χ2n) is 5.82. The maximum absolute atomic E-state index is 12.2. The lowest BCUT2D eigenvalue weighted by Gasteiger charge is -2.13. The number of carbonyl (C=O) groups excluding carboxylic acids is 3. The van der Waals surface area contributed by atoms with Crippen LogP contribution in [0.5, 0.6) is 0 Å². The molecule has 122 valence electrons. The summed E-state index contributed by atoms with van der Waals surface area (Å²) >= 11 is 0. The topological polar surface area (TPSA) is 66.5 Å². The first-order chi connectivity index (χ1) is 11.6. The molecule has 24 heavy (non-hydrogen) atoms. The number of rotatable bonds is 5. The van der Waals surface area contributed by atoms with Gasteiger partial charge in [0.1, 0.15) is 0 Å². The molecular formula is C19H18N2O3. The molecule has 1 N–H and O–H groups in total. The van der Waals surface area contributed by atoms with Crippen LogP contribution in [0.25, 0.3) is 0 Å². The van der Waals surface area contributed by atoms with E-state index in [1.807, 2.05) is 31.2 Å². The van der Waals surface area contributed by atoms with Crippen LogP contribution >= 0.6 is 0 Å². The van der Waals surface area contributed by atoms with Crippen molar-refractivity contribution in [2.75, 3.05) is 6.54 Å². The summed E-state index contributed by atoms with van der Waals surface area (Å²) in [6, 6.07) is 14.6. The van der Waals surface area contributed by atoms with Gasteiger partial charge < -0.3 is 5.32 Å². The van der Waals surface area contributed by atoms with Crippen molar-refractivity contribution in [3.8, 4) is 0 Å². The van der Waals surface area contributed by atoms with Crippen LogP contribution < -0.4 is 5.32 Å². The first-order valence-corrected chi connectivity index (χ1v) is 7.84. The van der Waals surface area contributed by atoms with Gasteiger partial charge >= 0.3 is 0 Å². The van der Waals surface area contributed by atoms with Gasteiger partial charge in [-0.05, 0) is 24.6 Å². The Balaban J connectivity index is 1.53. The van der Waals surface area contributed by atoms with Crippen molar-refractivity contribution in [3.63, 3.8) is 0 Å². The van der Waals surface area contributed by atoms with Crippen molar-refractivity contribution < 1.29 is 14.4 Å². The fourth-order valence-corrected chi connectivity index (χ4v) is 2.65. The summed E-state index contributed by atoms with van der Waals surface area (Å²) < 4.78 is 0. The molecule has 3 amide bonds. The van der Waals surface area contributed by atoms with E-state index in [1.54, 1.807) is 24.3 Å². The molecule has 1 aliphatic heterocycles. The Morgan fingerprint density at radius 3 is 2.12 bits per heavy atom. The van der Waals surface area contributed by atoms with Crippen molar-refractivity contribution in [2.24, 2.45) is 0 Å². The van der Waals surface area contributed by atoms with Crippen LogP contribution in [0.4, 0.5) is 0 Å². The van der Waals surface area contributed by atoms with E-state index >= 15 is 0 Å². The highest BCUT2D eigenvalue weighted by Gasteiger charge is 2.34. The van der Waals surface area contributed by atoms with Crippen molar-refractivity contribution in [1.29, 1.82) is 0 Å². The van der Waals surface area contributed by atoms with E-state index in [1.165, 1.54) is 0 Å². The zero-order chi connectivity index (χ0) is 17.1. The first kappa shape index (κ1) is 15.9. The molecule has 1 heterocycles. The molecule has 0 unspecified atom stereocenters. The number of hydrogen-bond donors (Lipinski definition) is 1. The molecule has 0 bridgehead atoms. The summed E-state index contributed by atoms with van der Waals surface area (Å²) in [4.78, 5) is 37.5. The molecule has 3 rings (SSSR count). The van der Waals surface area contributed by atoms with Gasteiger partial charge in [-0.3, -0.25) is 19.3 Å². The Bertz CT molecular complexity index is 762. The molecule has 0 atom stereocenters. The van der Waals surface area contributed by atoms with Crippen molar-refractivity contribution in [3.05, 3.63) is 70.8 Å². The van der Waals surface area contributed by atoms with Crippen LogP contribution in [0, 0.1) is 6.92 Å². The molecule has 0 radical (unpaired) electrons. The lowest BCUT2D eigenvalue weighted by Crippen LogP contribution is -2.34. The average Bonchev–Trinajstić information content (AvgIpc) is 2.84. The molecule has 0 fully saturated rings. The molecule has 2 aromatic carbocycles. The average molecular weight is 322 g/mol. The minimum atomic E-state index is -0.332. The van der Waals surface area contributed by atoms with Crippen LogP contribution in [-0.4, -0.2) is 29.2 Å². The third-order valence-corrected chi connectivity index (χ3v) is 4.05. The lowest BCUT2D eigenvalue weighted by atomic mass is 10.1. The SMILES string of the molecule is Cc1ccc(CNC(=O)CCN2C(=O)c3ccccc3C2=O)cc1. The molecule has 5 nitrogen and oxygen atoms in total. The summed E-state index contributed by atoms with van der Waals surface area (Å²) in [5.41, 5.74) is 2.98. The first-order valence-electron chi connectivity index (χ1n) is 7.84. The number of benzene rings is 2. The molecule has 1 aliphatic rings. The fraction of sp³-hybridized carbons (Fsp3) is 0.211. The number of hydrogen-bond acceptors (Lipinski definition) is 3. The Morgan fingerprint density at radius 2 is 1.54 bits per heavy atom. The zero-order valence-corrected chi connectivity index (χ0v) is 13.4. The van der Waals surface area contributed by atoms with Crippen molar-refractivity contribution >= 4 is 17.7 Å². The number of aryl methyl sites for hydroxylation is 1. The van der Waals surface area contributed by atoms with Gasteiger partial charge in [0.05, 0.1) is 11.1 Å². The second-order valence-corrected chi connectivity index (χ2v) is 5.82. The van der Waals surface area contributed by atoms with Crippen molar-refractivity contribution in [1.82, 2.24) is 10.2 Å². The number of amides is 3. The lowest BCUT2D eigenvalue weighted by molar-refractivity contribution is -0.121. The van der Waals surface area contributed by atoms with Crippen molar-refractivity contribution in [2.45, 2.75) is 19.9 Å². The van der Waals surface area contributed by atoms with Gasteiger partial charge in [-0.25, -0.2) is 0 Å². The minimum absolute atomic E-state index is 0.0894. The predicted octanol–water partition coefficient (Wildman–Crippen LogP) is 2.30. The fourth-order valence-electron chi connectivity index (χ4n) is 2.65. The monoisotopic (exact) mass is 322 g/mol. The molecule has 0 aromatic heterocycles. The maximum atomic E-state index is 12.2. The van der Waals surface area contributed by atoms with Gasteiger partial charge in [0.25, 0.3) is 11.8 Å². The van der Waals surface area contributed by atoms with Crippen LogP contribution in [0.3, 0.4) is 0 Å². The predicted molar refractivity (Wildman–Crippen MR) is 89.5 cm³/mol. The number of carbonyl (C=O) groups is 3. The Kier molecular flexibility index (Phi) is 4.42. The largest absolute Gasteiger partial charge is 0.352 e. The summed E-state index contributed by atoms with van der Waals surface area (Å²) in [6.45, 7) is 2.53. The van der Waals surface area contributed by atoms with E-state index in [9.17, 15) is 14.4 Å². The normalized spacial score (nSPS) is 13.1. The van der Waals surface area contributed by atoms with E-state index in [0.717, 1.165) is 16.0 Å². The quantitative estimate of drug-likeness (QED) is 0.859. The second kappa shape index (κ2) is 6.66. The van der Waals surface area contributed by atoms with Gasteiger partial charge in [-0.1, -0.05) is 42.0 Å². The van der Waals surface area contributed by atoms with Crippen LogP contribution in [0.2, 0.25) is 0 Å². The molecule has 0 aliphatic carbocycles. The highest BCUT2D eigenvalue weighted by Crippen LogP contribution is 2.22. The van der Waals surface area contributed by atoms with E-state index < -0.39 is 0 Å². The number of nitrogens with zero attached hydrogens (tertiary/aromatic N) is 1. The van der Waals surface area contributed by atoms with Gasteiger partial charge in [0.2, 0.25) is 5.91 Å². The summed E-state index contributed by atoms with van der Waals surface area (Å²) in [5.74, 6) is -0.851. The van der Waals surface area contributed by atoms with Crippen LogP contribution in [-0.2, 0) is 11.3 Å². The van der Waals surface area contributed by atoms with Gasteiger partial charge in [-0.2, -0.15) is 0 Å². The third kappa shape index (κ3) is 3.20. The van der Waals surface area contributed by atoms with Gasteiger partial charge in [0.15, 0.2) is 0 Å². The highest BCUT2D eigenvalue weighted by molar-refractivity contribution is 6.21. The Hall–Kier alpha value is -2.95. The van der Waals surface area contributed by atoms with E-state index in [2.05, 4.69) is 5.32 Å². The molecular weight excluding hydrogens is 304 g/mol. The number of imide groups is 1. The Morgan fingerprint density at radius 1 is 0.958 bits per heavy atom. The molecule has 5 heteroatoms. The smallest absolute Gasteiger partial charge is 0.261 e. The zero-order valence-electron chi connectivity index (χ0n) is 13.4. The number of fused-ring (bicyclic) bond motifs is 1. The maximum Gasteiger partial charge on any atom is 0.261 e. The summed E-state index contributed by atoms with van der Waals surface area (Å²) in [6.07, 6.45) is 0.0946. The van der Waals surface area contributed by atoms with E-state index in [4.69, 9.17) is 0 Å². The summed E-state index contributed by atoms with van der Waals surface area (Å²) in [7, 11) is 0. The molecule has 0 spiro atoms. The molecule has 2 aromatic rings. The Labute approximate surface area is 140 Å². The van der Waals surface area contributed by atoms with E-state index in [0.29, 0.717) is 17.7 Å². The summed E-state index contributed by atoms with van der Waals surface area (Å²) in [5, 5.41) is 2.80. The standard InChI is InChI=1S/C19H18N2O3/c1-13-6-8-14(9-7-13)12-20-17(22)10-11-21-18(23)15-4-2-3-5-16(15)19(21)24/h2-9H,10-12H2,1H3,(H,20,22). The third-order valence-electron chi connectivity index (χ3n) is 4.05. The molecule has 0 saturated heterocycles. The van der Waals surface area contributed by atoms with Gasteiger partial charge in [0, 0.05) is 19.5 Å². The van der Waals surface area contributed by atoms with Gasteiger partial charge in [-0.15, -0.1) is 0 Å². The van der Waals surface area contributed by atoms with Crippen LogP contribution in [0.1, 0.15) is 38.3 Å².